The summed E-state index contributed by atoms with van der Waals surface area (Å²) in [4.78, 5) is 3.77. The van der Waals surface area contributed by atoms with Crippen LogP contribution in [0.15, 0.2) is 35.7 Å². The van der Waals surface area contributed by atoms with Crippen molar-refractivity contribution >= 4 is 15.7 Å². The number of hydrogen-bond donors (Lipinski definition) is 3. The van der Waals surface area contributed by atoms with Crippen molar-refractivity contribution in [1.29, 1.82) is 0 Å². The second-order valence-electron chi connectivity index (χ2n) is 3.58. The van der Waals surface area contributed by atoms with Gasteiger partial charge in [0.15, 0.2) is 0 Å². The van der Waals surface area contributed by atoms with Gasteiger partial charge >= 0.3 is 0 Å². The molecule has 19 heavy (non-hydrogen) atoms. The third kappa shape index (κ3) is 3.24. The number of nitrogens with one attached hydrogen (secondary N) is 2. The van der Waals surface area contributed by atoms with Crippen LogP contribution in [0.1, 0.15) is 0 Å². The van der Waals surface area contributed by atoms with Crippen molar-refractivity contribution in [2.45, 2.75) is 11.4 Å². The minimum Gasteiger partial charge on any atom is -0.323 e. The third-order valence-corrected chi connectivity index (χ3v) is 3.82. The molecule has 10 heteroatoms. The number of nitrogen functional groups attached to an aromatic ring is 1. The molecule has 0 radical (unpaired) electrons. The van der Waals surface area contributed by atoms with Crippen LogP contribution in [0.5, 0.6) is 0 Å². The molecule has 0 aliphatic carbocycles. The van der Waals surface area contributed by atoms with E-state index in [-0.39, 0.29) is 17.1 Å². The Kier molecular flexibility index (Phi) is 4.04. The monoisotopic (exact) mass is 283 g/mol. The summed E-state index contributed by atoms with van der Waals surface area (Å²) in [6.07, 6.45) is 5.84. The summed E-state index contributed by atoms with van der Waals surface area (Å²) < 4.78 is 28.1. The molecular weight excluding hydrogens is 270 g/mol. The van der Waals surface area contributed by atoms with E-state index in [0.29, 0.717) is 6.54 Å². The summed E-state index contributed by atoms with van der Waals surface area (Å²) in [5, 5.41) is 7.35. The highest BCUT2D eigenvalue weighted by molar-refractivity contribution is 7.89. The molecule has 0 amide bonds. The Morgan fingerprint density at radius 2 is 2.21 bits per heavy atom. The first-order chi connectivity index (χ1) is 9.13. The van der Waals surface area contributed by atoms with Crippen molar-refractivity contribution < 1.29 is 8.42 Å². The van der Waals surface area contributed by atoms with E-state index in [1.165, 1.54) is 29.3 Å². The van der Waals surface area contributed by atoms with E-state index in [1.54, 1.807) is 6.20 Å². The topological polar surface area (TPSA) is 128 Å². The molecule has 0 bridgehead atoms. The molecular formula is C9H13N7O2S. The molecule has 2 heterocycles. The number of nitrogens with zero attached hydrogens (tertiary/aromatic N) is 4. The fraction of sp³-hybridized carbons (Fsp3) is 0.222. The lowest BCUT2D eigenvalue weighted by atomic mass is 10.4. The standard InChI is InChI=1S/C9H13N7O2S/c10-14-8-1-2-11-7-9(8)19(17,18)13-4-6-16-5-3-12-15-16/h1-3,5,7,13H,4,6,10H2,(H,11,14). The van der Waals surface area contributed by atoms with E-state index >= 15 is 0 Å². The SMILES string of the molecule is NNc1ccncc1S(=O)(=O)NCCn1ccnn1. The Morgan fingerprint density at radius 1 is 1.37 bits per heavy atom. The van der Waals surface area contributed by atoms with Crippen molar-refractivity contribution in [2.24, 2.45) is 5.84 Å². The number of pyridine rings is 1. The van der Waals surface area contributed by atoms with Crippen molar-refractivity contribution in [1.82, 2.24) is 24.7 Å². The molecule has 0 aliphatic rings. The van der Waals surface area contributed by atoms with Gasteiger partial charge in [-0.2, -0.15) is 0 Å². The van der Waals surface area contributed by atoms with Crippen LogP contribution in [-0.4, -0.2) is 34.9 Å². The van der Waals surface area contributed by atoms with Gasteiger partial charge in [0.25, 0.3) is 0 Å². The maximum atomic E-state index is 12.0. The quantitative estimate of drug-likeness (QED) is 0.455. The minimum atomic E-state index is -3.67. The van der Waals surface area contributed by atoms with Gasteiger partial charge < -0.3 is 5.43 Å². The molecule has 2 aromatic rings. The summed E-state index contributed by atoms with van der Waals surface area (Å²) in [6.45, 7) is 0.565. The van der Waals surface area contributed by atoms with Crippen molar-refractivity contribution in [3.63, 3.8) is 0 Å². The maximum Gasteiger partial charge on any atom is 0.244 e. The largest absolute Gasteiger partial charge is 0.323 e. The van der Waals surface area contributed by atoms with Gasteiger partial charge in [0.2, 0.25) is 10.0 Å². The number of hydrogen-bond acceptors (Lipinski definition) is 7. The molecule has 4 N–H and O–H groups in total. The van der Waals surface area contributed by atoms with E-state index in [2.05, 4.69) is 25.4 Å². The smallest absolute Gasteiger partial charge is 0.244 e. The second kappa shape index (κ2) is 5.73. The molecule has 102 valence electrons. The van der Waals surface area contributed by atoms with Crippen LogP contribution in [0.4, 0.5) is 5.69 Å². The lowest BCUT2D eigenvalue weighted by molar-refractivity contribution is 0.553. The van der Waals surface area contributed by atoms with Gasteiger partial charge in [0, 0.05) is 25.1 Å². The molecule has 2 aromatic heterocycles. The highest BCUT2D eigenvalue weighted by atomic mass is 32.2. The number of nitrogens with two attached hydrogens (primary N) is 1. The summed E-state index contributed by atoms with van der Waals surface area (Å²) in [7, 11) is -3.67. The predicted molar refractivity (Wildman–Crippen MR) is 67.3 cm³/mol. The molecule has 0 fully saturated rings. The van der Waals surface area contributed by atoms with E-state index in [0.717, 1.165) is 0 Å². The molecule has 0 saturated carbocycles. The first-order valence-corrected chi connectivity index (χ1v) is 6.86. The van der Waals surface area contributed by atoms with E-state index in [4.69, 9.17) is 5.84 Å². The van der Waals surface area contributed by atoms with Crippen LogP contribution in [0.2, 0.25) is 0 Å². The van der Waals surface area contributed by atoms with Crippen LogP contribution in [0.25, 0.3) is 0 Å². The maximum absolute atomic E-state index is 12.0. The van der Waals surface area contributed by atoms with Crippen molar-refractivity contribution in [2.75, 3.05) is 12.0 Å². The van der Waals surface area contributed by atoms with Crippen molar-refractivity contribution in [3.05, 3.63) is 30.9 Å². The van der Waals surface area contributed by atoms with Crippen LogP contribution in [0, 0.1) is 0 Å². The lowest BCUT2D eigenvalue weighted by Crippen LogP contribution is -2.28. The zero-order chi connectivity index (χ0) is 13.7. The molecule has 0 saturated heterocycles. The predicted octanol–water partition coefficient (Wildman–Crippen LogP) is -1.06. The Labute approximate surface area is 109 Å². The van der Waals surface area contributed by atoms with Gasteiger partial charge in [-0.1, -0.05) is 5.21 Å². The summed E-state index contributed by atoms with van der Waals surface area (Å²) in [6, 6.07) is 1.48. The minimum absolute atomic E-state index is 0.00362. The average Bonchev–Trinajstić information content (AvgIpc) is 2.91. The number of rotatable bonds is 6. The fourth-order valence-corrected chi connectivity index (χ4v) is 2.57. The molecule has 0 spiro atoms. The molecule has 2 rings (SSSR count). The van der Waals surface area contributed by atoms with Gasteiger partial charge in [0.05, 0.1) is 18.4 Å². The van der Waals surface area contributed by atoms with Crippen LogP contribution in [0.3, 0.4) is 0 Å². The van der Waals surface area contributed by atoms with Gasteiger partial charge in [-0.15, -0.1) is 5.10 Å². The number of hydrazine groups is 1. The number of anilines is 1. The average molecular weight is 283 g/mol. The Hall–Kier alpha value is -2.04. The third-order valence-electron chi connectivity index (χ3n) is 2.33. The zero-order valence-corrected chi connectivity index (χ0v) is 10.7. The fourth-order valence-electron chi connectivity index (χ4n) is 1.44. The van der Waals surface area contributed by atoms with Crippen LogP contribution >= 0.6 is 0 Å². The van der Waals surface area contributed by atoms with E-state index in [1.807, 2.05) is 0 Å². The molecule has 0 aromatic carbocycles. The second-order valence-corrected chi connectivity index (χ2v) is 5.32. The zero-order valence-electron chi connectivity index (χ0n) is 9.89. The van der Waals surface area contributed by atoms with E-state index < -0.39 is 10.0 Å². The van der Waals surface area contributed by atoms with Gasteiger partial charge in [-0.3, -0.25) is 15.5 Å². The summed E-state index contributed by atoms with van der Waals surface area (Å²) >= 11 is 0. The normalized spacial score (nSPS) is 11.4. The van der Waals surface area contributed by atoms with Crippen LogP contribution < -0.4 is 16.0 Å². The van der Waals surface area contributed by atoms with Gasteiger partial charge in [-0.05, 0) is 6.07 Å². The Balaban J connectivity index is 2.05. The molecule has 0 unspecified atom stereocenters. The van der Waals surface area contributed by atoms with E-state index in [9.17, 15) is 8.42 Å². The van der Waals surface area contributed by atoms with Crippen LogP contribution in [-0.2, 0) is 16.6 Å². The number of aromatic nitrogens is 4. The summed E-state index contributed by atoms with van der Waals surface area (Å²) in [5.41, 5.74) is 2.60. The number of sulfonamides is 1. The lowest BCUT2D eigenvalue weighted by Gasteiger charge is -2.10. The highest BCUT2D eigenvalue weighted by Gasteiger charge is 2.17. The van der Waals surface area contributed by atoms with Gasteiger partial charge in [0.1, 0.15) is 4.90 Å². The first-order valence-electron chi connectivity index (χ1n) is 5.38. The molecule has 0 atom stereocenters. The van der Waals surface area contributed by atoms with Gasteiger partial charge in [-0.25, -0.2) is 13.1 Å². The molecule has 9 nitrogen and oxygen atoms in total. The first kappa shape index (κ1) is 13.4. The summed E-state index contributed by atoms with van der Waals surface area (Å²) in [5.74, 6) is 5.26. The van der Waals surface area contributed by atoms with Crippen molar-refractivity contribution in [3.8, 4) is 0 Å². The Morgan fingerprint density at radius 3 is 2.89 bits per heavy atom. The molecule has 0 aliphatic heterocycles. The Bertz CT molecular complexity index is 626. The highest BCUT2D eigenvalue weighted by Crippen LogP contribution is 2.17.